The van der Waals surface area contributed by atoms with Crippen molar-refractivity contribution in [2.45, 2.75) is 6.10 Å². The summed E-state index contributed by atoms with van der Waals surface area (Å²) in [5.74, 6) is 0.634. The fourth-order valence-corrected chi connectivity index (χ4v) is 3.78. The molecule has 5 heteroatoms. The number of fused-ring (bicyclic) bond motifs is 1. The number of pyridine rings is 1. The summed E-state index contributed by atoms with van der Waals surface area (Å²) in [7, 11) is 0. The highest BCUT2D eigenvalue weighted by atomic mass is 16.5. The number of ether oxygens (including phenoxy) is 1. The van der Waals surface area contributed by atoms with Gasteiger partial charge in [-0.25, -0.2) is 4.98 Å². The monoisotopic (exact) mass is 384 g/mol. The molecule has 1 fully saturated rings. The lowest BCUT2D eigenvalue weighted by molar-refractivity contribution is -0.0227. The molecule has 0 N–H and O–H groups in total. The highest BCUT2D eigenvalue weighted by molar-refractivity contribution is 6.07. The van der Waals surface area contributed by atoms with Crippen molar-refractivity contribution in [2.75, 3.05) is 19.7 Å². The normalized spacial score (nSPS) is 16.8. The van der Waals surface area contributed by atoms with Gasteiger partial charge < -0.3 is 14.1 Å². The maximum Gasteiger partial charge on any atom is 0.254 e. The molecule has 0 aliphatic carbocycles. The average molecular weight is 384 g/mol. The predicted molar refractivity (Wildman–Crippen MR) is 110 cm³/mol. The third-order valence-electron chi connectivity index (χ3n) is 5.25. The van der Waals surface area contributed by atoms with Gasteiger partial charge in [0.25, 0.3) is 5.91 Å². The first-order valence-electron chi connectivity index (χ1n) is 9.69. The van der Waals surface area contributed by atoms with Crippen LogP contribution in [0, 0.1) is 0 Å². The second-order valence-electron chi connectivity index (χ2n) is 7.07. The maximum atomic E-state index is 13.5. The molecule has 0 saturated carbocycles. The molecular weight excluding hydrogens is 364 g/mol. The Morgan fingerprint density at radius 2 is 1.83 bits per heavy atom. The fraction of sp³-hybridized carbons (Fsp3) is 0.167. The van der Waals surface area contributed by atoms with E-state index in [4.69, 9.17) is 9.15 Å². The summed E-state index contributed by atoms with van der Waals surface area (Å²) in [5, 5.41) is 0.843. The maximum absolute atomic E-state index is 13.5. The number of carbonyl (C=O) groups excluding carboxylic acids is 1. The topological polar surface area (TPSA) is 55.6 Å². The lowest BCUT2D eigenvalue weighted by atomic mass is 10.0. The Morgan fingerprint density at radius 1 is 1.00 bits per heavy atom. The number of benzene rings is 2. The van der Waals surface area contributed by atoms with E-state index in [1.807, 2.05) is 77.7 Å². The molecule has 2 aromatic heterocycles. The van der Waals surface area contributed by atoms with Crippen molar-refractivity contribution in [3.05, 3.63) is 90.2 Å². The molecule has 1 aliphatic heterocycles. The molecule has 29 heavy (non-hydrogen) atoms. The summed E-state index contributed by atoms with van der Waals surface area (Å²) in [4.78, 5) is 20.1. The minimum atomic E-state index is -0.119. The summed E-state index contributed by atoms with van der Waals surface area (Å²) in [6, 6.07) is 23.3. The van der Waals surface area contributed by atoms with E-state index in [1.165, 1.54) is 0 Å². The van der Waals surface area contributed by atoms with E-state index in [9.17, 15) is 4.79 Å². The fourth-order valence-electron chi connectivity index (χ4n) is 3.78. The Kier molecular flexibility index (Phi) is 4.58. The van der Waals surface area contributed by atoms with Gasteiger partial charge in [-0.05, 0) is 29.8 Å². The summed E-state index contributed by atoms with van der Waals surface area (Å²) in [5.41, 5.74) is 3.15. The first kappa shape index (κ1) is 17.6. The van der Waals surface area contributed by atoms with Crippen LogP contribution < -0.4 is 0 Å². The lowest BCUT2D eigenvalue weighted by Crippen LogP contribution is -2.42. The van der Waals surface area contributed by atoms with Gasteiger partial charge in [0.1, 0.15) is 11.8 Å². The van der Waals surface area contributed by atoms with Crippen molar-refractivity contribution in [1.29, 1.82) is 0 Å². The van der Waals surface area contributed by atoms with E-state index >= 15 is 0 Å². The van der Waals surface area contributed by atoms with Gasteiger partial charge in [0, 0.05) is 11.9 Å². The summed E-state index contributed by atoms with van der Waals surface area (Å²) in [6.45, 7) is 1.60. The number of nitrogens with zero attached hydrogens (tertiary/aromatic N) is 2. The molecule has 3 heterocycles. The number of para-hydroxylation sites is 1. The van der Waals surface area contributed by atoms with E-state index in [2.05, 4.69) is 4.98 Å². The predicted octanol–water partition coefficient (Wildman–Crippen LogP) is 4.71. The second-order valence-corrected chi connectivity index (χ2v) is 7.07. The van der Waals surface area contributed by atoms with Gasteiger partial charge in [0.2, 0.25) is 0 Å². The van der Waals surface area contributed by atoms with Crippen molar-refractivity contribution < 1.29 is 13.9 Å². The SMILES string of the molecule is O=C(c1cc(-c2ccco2)nc2ccccc12)N1CCO[C@H](c2ccccc2)C1. The number of amides is 1. The zero-order valence-corrected chi connectivity index (χ0v) is 15.8. The summed E-state index contributed by atoms with van der Waals surface area (Å²) < 4.78 is 11.4. The molecule has 0 unspecified atom stereocenters. The van der Waals surface area contributed by atoms with Gasteiger partial charge in [0.05, 0.1) is 30.5 Å². The molecule has 1 saturated heterocycles. The molecule has 5 rings (SSSR count). The molecule has 4 aromatic rings. The van der Waals surface area contributed by atoms with Crippen LogP contribution in [0.2, 0.25) is 0 Å². The van der Waals surface area contributed by atoms with Crippen LogP contribution in [-0.4, -0.2) is 35.5 Å². The van der Waals surface area contributed by atoms with E-state index in [1.54, 1.807) is 6.26 Å². The Hall–Kier alpha value is -3.44. The van der Waals surface area contributed by atoms with Crippen LogP contribution in [0.5, 0.6) is 0 Å². The third-order valence-corrected chi connectivity index (χ3v) is 5.25. The van der Waals surface area contributed by atoms with Crippen molar-refractivity contribution in [2.24, 2.45) is 0 Å². The van der Waals surface area contributed by atoms with Crippen LogP contribution in [0.25, 0.3) is 22.4 Å². The van der Waals surface area contributed by atoms with Crippen LogP contribution in [-0.2, 0) is 4.74 Å². The standard InChI is InChI=1S/C24H20N2O3/c27-24(26-12-14-29-23(16-26)17-7-2-1-3-8-17)19-15-21(22-11-6-13-28-22)25-20-10-5-4-9-18(19)20/h1-11,13,15,23H,12,14,16H2/t23-/m0/s1. The van der Waals surface area contributed by atoms with Gasteiger partial charge in [-0.1, -0.05) is 48.5 Å². The molecule has 1 atom stereocenters. The zero-order chi connectivity index (χ0) is 19.6. The minimum Gasteiger partial charge on any atom is -0.463 e. The Bertz CT molecular complexity index is 1140. The molecule has 0 spiro atoms. The van der Waals surface area contributed by atoms with Crippen LogP contribution in [0.3, 0.4) is 0 Å². The van der Waals surface area contributed by atoms with Crippen LogP contribution in [0.4, 0.5) is 0 Å². The van der Waals surface area contributed by atoms with Gasteiger partial charge in [-0.15, -0.1) is 0 Å². The molecule has 0 radical (unpaired) electrons. The molecule has 5 nitrogen and oxygen atoms in total. The van der Waals surface area contributed by atoms with Gasteiger partial charge in [-0.2, -0.15) is 0 Å². The number of hydrogen-bond acceptors (Lipinski definition) is 4. The van der Waals surface area contributed by atoms with E-state index in [0.717, 1.165) is 16.5 Å². The zero-order valence-electron chi connectivity index (χ0n) is 15.8. The number of aromatic nitrogens is 1. The van der Waals surface area contributed by atoms with Crippen LogP contribution >= 0.6 is 0 Å². The number of carbonyl (C=O) groups is 1. The molecule has 1 amide bonds. The van der Waals surface area contributed by atoms with Crippen LogP contribution in [0.1, 0.15) is 22.0 Å². The van der Waals surface area contributed by atoms with Crippen molar-refractivity contribution in [3.8, 4) is 11.5 Å². The molecule has 2 aromatic carbocycles. The largest absolute Gasteiger partial charge is 0.463 e. The molecule has 0 bridgehead atoms. The minimum absolute atomic E-state index is 0.0133. The number of furan rings is 1. The molecule has 1 aliphatic rings. The summed E-state index contributed by atoms with van der Waals surface area (Å²) >= 11 is 0. The van der Waals surface area contributed by atoms with E-state index < -0.39 is 0 Å². The van der Waals surface area contributed by atoms with Crippen molar-refractivity contribution in [3.63, 3.8) is 0 Å². The number of hydrogen-bond donors (Lipinski definition) is 0. The Labute approximate surface area is 168 Å². The highest BCUT2D eigenvalue weighted by Crippen LogP contribution is 2.28. The number of morpholine rings is 1. The smallest absolute Gasteiger partial charge is 0.254 e. The first-order chi connectivity index (χ1) is 14.3. The Balaban J connectivity index is 1.52. The van der Waals surface area contributed by atoms with Gasteiger partial charge in [-0.3, -0.25) is 4.79 Å². The van der Waals surface area contributed by atoms with Gasteiger partial charge >= 0.3 is 0 Å². The van der Waals surface area contributed by atoms with E-state index in [-0.39, 0.29) is 12.0 Å². The van der Waals surface area contributed by atoms with Gasteiger partial charge in [0.15, 0.2) is 5.76 Å². The lowest BCUT2D eigenvalue weighted by Gasteiger charge is -2.33. The van der Waals surface area contributed by atoms with E-state index in [0.29, 0.717) is 36.7 Å². The third kappa shape index (κ3) is 3.41. The van der Waals surface area contributed by atoms with Crippen molar-refractivity contribution in [1.82, 2.24) is 9.88 Å². The Morgan fingerprint density at radius 3 is 2.66 bits per heavy atom. The quantitative estimate of drug-likeness (QED) is 0.513. The van der Waals surface area contributed by atoms with Crippen molar-refractivity contribution >= 4 is 16.8 Å². The highest BCUT2D eigenvalue weighted by Gasteiger charge is 2.27. The second kappa shape index (κ2) is 7.53. The summed E-state index contributed by atoms with van der Waals surface area (Å²) in [6.07, 6.45) is 1.49. The molecular formula is C24H20N2O3. The first-order valence-corrected chi connectivity index (χ1v) is 9.69. The molecule has 144 valence electrons. The van der Waals surface area contributed by atoms with Crippen LogP contribution in [0.15, 0.2) is 83.5 Å². The average Bonchev–Trinajstić information content (AvgIpc) is 3.34. The number of rotatable bonds is 3.